The Labute approximate surface area is 131 Å². The average molecular weight is 335 g/mol. The summed E-state index contributed by atoms with van der Waals surface area (Å²) in [6.45, 7) is 1.80. The van der Waals surface area contributed by atoms with Crippen molar-refractivity contribution < 1.29 is 9.50 Å². The van der Waals surface area contributed by atoms with Gasteiger partial charge in [0.25, 0.3) is 0 Å². The normalized spacial score (nSPS) is 12.2. The van der Waals surface area contributed by atoms with Crippen molar-refractivity contribution in [2.45, 2.75) is 13.0 Å². The largest absolute Gasteiger partial charge is 0.507 e. The highest BCUT2D eigenvalue weighted by molar-refractivity contribution is 6.41. The van der Waals surface area contributed by atoms with Crippen molar-refractivity contribution in [1.82, 2.24) is 0 Å². The Balaban J connectivity index is 2.30. The standard InChI is InChI=1S/C14H11Cl3FNO/c1-7(10-3-2-9(18)6-13(10)20)19-14-11(16)4-8(15)5-12(14)17/h2-7,19-20H,1H3. The van der Waals surface area contributed by atoms with Gasteiger partial charge in [-0.15, -0.1) is 0 Å². The van der Waals surface area contributed by atoms with Gasteiger partial charge < -0.3 is 10.4 Å². The third kappa shape index (κ3) is 3.29. The second kappa shape index (κ2) is 6.08. The molecule has 0 amide bonds. The van der Waals surface area contributed by atoms with E-state index in [-0.39, 0.29) is 11.8 Å². The fraction of sp³-hybridized carbons (Fsp3) is 0.143. The summed E-state index contributed by atoms with van der Waals surface area (Å²) >= 11 is 18.0. The fourth-order valence-corrected chi connectivity index (χ4v) is 2.78. The highest BCUT2D eigenvalue weighted by atomic mass is 35.5. The van der Waals surface area contributed by atoms with Crippen LogP contribution in [0.15, 0.2) is 30.3 Å². The van der Waals surface area contributed by atoms with Crippen LogP contribution in [-0.2, 0) is 0 Å². The van der Waals surface area contributed by atoms with Crippen LogP contribution in [0.1, 0.15) is 18.5 Å². The zero-order valence-corrected chi connectivity index (χ0v) is 12.7. The highest BCUT2D eigenvalue weighted by Crippen LogP contribution is 2.37. The molecule has 0 radical (unpaired) electrons. The number of hydrogen-bond acceptors (Lipinski definition) is 2. The molecule has 0 aliphatic heterocycles. The summed E-state index contributed by atoms with van der Waals surface area (Å²) in [6, 6.07) is 6.65. The Hall–Kier alpha value is -1.16. The van der Waals surface area contributed by atoms with E-state index in [1.165, 1.54) is 12.1 Å². The number of phenols is 1. The molecule has 2 aromatic rings. The Bertz CT molecular complexity index is 625. The van der Waals surface area contributed by atoms with Gasteiger partial charge in [0.05, 0.1) is 21.8 Å². The zero-order chi connectivity index (χ0) is 14.9. The molecule has 6 heteroatoms. The quantitative estimate of drug-likeness (QED) is 0.758. The number of nitrogens with one attached hydrogen (secondary N) is 1. The minimum absolute atomic E-state index is 0.133. The summed E-state index contributed by atoms with van der Waals surface area (Å²) in [4.78, 5) is 0. The minimum Gasteiger partial charge on any atom is -0.507 e. The molecule has 2 nitrogen and oxygen atoms in total. The van der Waals surface area contributed by atoms with Crippen LogP contribution in [0.2, 0.25) is 15.1 Å². The van der Waals surface area contributed by atoms with E-state index in [0.717, 1.165) is 6.07 Å². The summed E-state index contributed by atoms with van der Waals surface area (Å²) in [5.41, 5.74) is 1.04. The van der Waals surface area contributed by atoms with Crippen LogP contribution in [0.3, 0.4) is 0 Å². The summed E-state index contributed by atoms with van der Waals surface area (Å²) < 4.78 is 13.0. The molecule has 0 saturated heterocycles. The average Bonchev–Trinajstić information content (AvgIpc) is 2.33. The van der Waals surface area contributed by atoms with Crippen molar-refractivity contribution in [3.8, 4) is 5.75 Å². The molecule has 1 unspecified atom stereocenters. The maximum atomic E-state index is 13.0. The van der Waals surface area contributed by atoms with Crippen LogP contribution in [0, 0.1) is 5.82 Å². The first-order chi connectivity index (χ1) is 9.38. The maximum Gasteiger partial charge on any atom is 0.126 e. The molecule has 20 heavy (non-hydrogen) atoms. The van der Waals surface area contributed by atoms with Gasteiger partial charge in [0.1, 0.15) is 11.6 Å². The van der Waals surface area contributed by atoms with E-state index in [1.807, 2.05) is 0 Å². The molecule has 0 bridgehead atoms. The lowest BCUT2D eigenvalue weighted by Gasteiger charge is -2.19. The molecule has 0 aromatic heterocycles. The predicted molar refractivity (Wildman–Crippen MR) is 81.6 cm³/mol. The van der Waals surface area contributed by atoms with Gasteiger partial charge in [-0.1, -0.05) is 40.9 Å². The van der Waals surface area contributed by atoms with Crippen LogP contribution in [0.25, 0.3) is 0 Å². The number of phenolic OH excluding ortho intramolecular Hbond substituents is 1. The molecule has 0 spiro atoms. The van der Waals surface area contributed by atoms with E-state index >= 15 is 0 Å². The van der Waals surface area contributed by atoms with Crippen molar-refractivity contribution in [3.05, 3.63) is 56.8 Å². The Morgan fingerprint density at radius 2 is 1.70 bits per heavy atom. The van der Waals surface area contributed by atoms with Crippen LogP contribution in [-0.4, -0.2) is 5.11 Å². The molecule has 0 heterocycles. The molecule has 2 N–H and O–H groups in total. The lowest BCUT2D eigenvalue weighted by molar-refractivity contribution is 0.459. The van der Waals surface area contributed by atoms with Gasteiger partial charge >= 0.3 is 0 Å². The van der Waals surface area contributed by atoms with E-state index in [9.17, 15) is 9.50 Å². The first kappa shape index (κ1) is 15.2. The lowest BCUT2D eigenvalue weighted by atomic mass is 10.1. The lowest BCUT2D eigenvalue weighted by Crippen LogP contribution is -2.08. The molecule has 1 atom stereocenters. The SMILES string of the molecule is CC(Nc1c(Cl)cc(Cl)cc1Cl)c1ccc(F)cc1O. The van der Waals surface area contributed by atoms with Crippen molar-refractivity contribution in [2.24, 2.45) is 0 Å². The number of benzene rings is 2. The van der Waals surface area contributed by atoms with Gasteiger partial charge in [-0.2, -0.15) is 0 Å². The number of rotatable bonds is 3. The van der Waals surface area contributed by atoms with E-state index in [4.69, 9.17) is 34.8 Å². The third-order valence-electron chi connectivity index (χ3n) is 2.83. The summed E-state index contributed by atoms with van der Waals surface area (Å²) in [6.07, 6.45) is 0. The molecule has 0 fully saturated rings. The molecule has 2 aromatic carbocycles. The maximum absolute atomic E-state index is 13.0. The van der Waals surface area contributed by atoms with Gasteiger partial charge in [-0.25, -0.2) is 4.39 Å². The van der Waals surface area contributed by atoms with Crippen LogP contribution in [0.5, 0.6) is 5.75 Å². The van der Waals surface area contributed by atoms with Crippen molar-refractivity contribution >= 4 is 40.5 Å². The van der Waals surface area contributed by atoms with Gasteiger partial charge in [0.2, 0.25) is 0 Å². The topological polar surface area (TPSA) is 32.3 Å². The number of aromatic hydroxyl groups is 1. The Morgan fingerprint density at radius 1 is 1.10 bits per heavy atom. The van der Waals surface area contributed by atoms with E-state index in [1.54, 1.807) is 19.1 Å². The number of halogens is 4. The van der Waals surface area contributed by atoms with Crippen LogP contribution in [0.4, 0.5) is 10.1 Å². The second-order valence-corrected chi connectivity index (χ2v) is 5.56. The molecule has 2 rings (SSSR count). The number of hydrogen-bond donors (Lipinski definition) is 2. The summed E-state index contributed by atoms with van der Waals surface area (Å²) in [5.74, 6) is -0.632. The van der Waals surface area contributed by atoms with Gasteiger partial charge in [-0.3, -0.25) is 0 Å². The first-order valence-corrected chi connectivity index (χ1v) is 6.91. The van der Waals surface area contributed by atoms with E-state index < -0.39 is 5.82 Å². The van der Waals surface area contributed by atoms with Crippen molar-refractivity contribution in [3.63, 3.8) is 0 Å². The molecule has 0 aliphatic rings. The van der Waals surface area contributed by atoms with Crippen LogP contribution >= 0.6 is 34.8 Å². The fourth-order valence-electron chi connectivity index (χ4n) is 1.86. The minimum atomic E-state index is -0.499. The third-order valence-corrected chi connectivity index (χ3v) is 3.64. The van der Waals surface area contributed by atoms with Gasteiger partial charge in [0.15, 0.2) is 0 Å². The van der Waals surface area contributed by atoms with Crippen molar-refractivity contribution in [1.29, 1.82) is 0 Å². The van der Waals surface area contributed by atoms with Gasteiger partial charge in [-0.05, 0) is 25.1 Å². The second-order valence-electron chi connectivity index (χ2n) is 4.31. The van der Waals surface area contributed by atoms with E-state index in [2.05, 4.69) is 5.32 Å². The van der Waals surface area contributed by atoms with Gasteiger partial charge in [0, 0.05) is 16.7 Å². The predicted octanol–water partition coefficient (Wildman–Crippen LogP) is 5.66. The smallest absolute Gasteiger partial charge is 0.126 e. The Morgan fingerprint density at radius 3 is 2.25 bits per heavy atom. The van der Waals surface area contributed by atoms with Crippen molar-refractivity contribution in [2.75, 3.05) is 5.32 Å². The zero-order valence-electron chi connectivity index (χ0n) is 10.4. The van der Waals surface area contributed by atoms with Crippen LogP contribution < -0.4 is 5.32 Å². The number of anilines is 1. The summed E-state index contributed by atoms with van der Waals surface area (Å²) in [5, 5.41) is 14.0. The monoisotopic (exact) mass is 333 g/mol. The summed E-state index contributed by atoms with van der Waals surface area (Å²) in [7, 11) is 0. The first-order valence-electron chi connectivity index (χ1n) is 5.78. The molecular formula is C14H11Cl3FNO. The molecular weight excluding hydrogens is 324 g/mol. The molecule has 0 saturated carbocycles. The Kier molecular flexibility index (Phi) is 4.63. The molecule has 106 valence electrons. The highest BCUT2D eigenvalue weighted by Gasteiger charge is 2.15. The van der Waals surface area contributed by atoms with E-state index in [0.29, 0.717) is 26.3 Å². The molecule has 0 aliphatic carbocycles.